The second-order valence-corrected chi connectivity index (χ2v) is 5.23. The van der Waals surface area contributed by atoms with E-state index < -0.39 is 0 Å². The van der Waals surface area contributed by atoms with Crippen LogP contribution in [0.3, 0.4) is 0 Å². The number of anilines is 1. The van der Waals surface area contributed by atoms with Gasteiger partial charge in [-0.2, -0.15) is 0 Å². The third-order valence-electron chi connectivity index (χ3n) is 3.79. The number of hydrogen-bond acceptors (Lipinski definition) is 3. The standard InChI is InChI=1S/C14H21N3O/c1-10-3-2-4-11(10)8-17-14(18)7-13-6-5-12(15)9-16-13/h5-6,9-11H,2-4,7-8,15H2,1H3,(H,17,18). The first kappa shape index (κ1) is 12.9. The van der Waals surface area contributed by atoms with Crippen LogP contribution in [0.4, 0.5) is 5.69 Å². The van der Waals surface area contributed by atoms with Crippen molar-refractivity contribution in [2.24, 2.45) is 11.8 Å². The Balaban J connectivity index is 1.76. The normalized spacial score (nSPS) is 22.9. The molecule has 4 nitrogen and oxygen atoms in total. The molecule has 4 heteroatoms. The summed E-state index contributed by atoms with van der Waals surface area (Å²) >= 11 is 0. The summed E-state index contributed by atoms with van der Waals surface area (Å²) in [6, 6.07) is 3.57. The Morgan fingerprint density at radius 1 is 1.50 bits per heavy atom. The summed E-state index contributed by atoms with van der Waals surface area (Å²) in [5, 5.41) is 3.01. The summed E-state index contributed by atoms with van der Waals surface area (Å²) in [4.78, 5) is 15.9. The first-order valence-corrected chi connectivity index (χ1v) is 6.62. The molecule has 0 spiro atoms. The Kier molecular flexibility index (Phi) is 4.18. The Hall–Kier alpha value is -1.58. The number of amides is 1. The average molecular weight is 247 g/mol. The highest BCUT2D eigenvalue weighted by atomic mass is 16.1. The molecule has 0 aliphatic heterocycles. The maximum Gasteiger partial charge on any atom is 0.226 e. The summed E-state index contributed by atoms with van der Waals surface area (Å²) in [7, 11) is 0. The minimum absolute atomic E-state index is 0.0476. The first-order valence-electron chi connectivity index (χ1n) is 6.62. The second-order valence-electron chi connectivity index (χ2n) is 5.23. The molecule has 0 radical (unpaired) electrons. The fourth-order valence-corrected chi connectivity index (χ4v) is 2.54. The quantitative estimate of drug-likeness (QED) is 0.852. The minimum Gasteiger partial charge on any atom is -0.397 e. The highest BCUT2D eigenvalue weighted by molar-refractivity contribution is 5.78. The Bertz CT molecular complexity index is 402. The van der Waals surface area contributed by atoms with Crippen LogP contribution in [-0.2, 0) is 11.2 Å². The van der Waals surface area contributed by atoms with Crippen molar-refractivity contribution in [3.63, 3.8) is 0 Å². The van der Waals surface area contributed by atoms with Gasteiger partial charge in [0.25, 0.3) is 0 Å². The summed E-state index contributed by atoms with van der Waals surface area (Å²) in [5.74, 6) is 1.43. The van der Waals surface area contributed by atoms with Gasteiger partial charge in [-0.05, 0) is 30.4 Å². The number of carbonyl (C=O) groups excluding carboxylic acids is 1. The molecule has 1 aliphatic rings. The van der Waals surface area contributed by atoms with E-state index in [2.05, 4.69) is 17.2 Å². The number of nitrogens with zero attached hydrogens (tertiary/aromatic N) is 1. The third kappa shape index (κ3) is 3.45. The predicted octanol–water partition coefficient (Wildman–Crippen LogP) is 1.76. The fraction of sp³-hybridized carbons (Fsp3) is 0.571. The number of nitrogen functional groups attached to an aromatic ring is 1. The summed E-state index contributed by atoms with van der Waals surface area (Å²) in [5.41, 5.74) is 6.94. The minimum atomic E-state index is 0.0476. The zero-order valence-electron chi connectivity index (χ0n) is 10.9. The maximum absolute atomic E-state index is 11.8. The SMILES string of the molecule is CC1CCCC1CNC(=O)Cc1ccc(N)cn1. The summed E-state index contributed by atoms with van der Waals surface area (Å²) in [6.45, 7) is 3.07. The van der Waals surface area contributed by atoms with E-state index in [0.717, 1.165) is 18.2 Å². The van der Waals surface area contributed by atoms with Gasteiger partial charge in [0.2, 0.25) is 5.91 Å². The monoisotopic (exact) mass is 247 g/mol. The van der Waals surface area contributed by atoms with Gasteiger partial charge in [0.15, 0.2) is 0 Å². The summed E-state index contributed by atoms with van der Waals surface area (Å²) < 4.78 is 0. The molecule has 2 atom stereocenters. The zero-order chi connectivity index (χ0) is 13.0. The number of nitrogens with one attached hydrogen (secondary N) is 1. The lowest BCUT2D eigenvalue weighted by molar-refractivity contribution is -0.120. The van der Waals surface area contributed by atoms with E-state index in [1.54, 1.807) is 18.3 Å². The van der Waals surface area contributed by atoms with E-state index in [-0.39, 0.29) is 5.91 Å². The zero-order valence-corrected chi connectivity index (χ0v) is 10.9. The van der Waals surface area contributed by atoms with Gasteiger partial charge < -0.3 is 11.1 Å². The topological polar surface area (TPSA) is 68.0 Å². The lowest BCUT2D eigenvalue weighted by atomic mass is 9.98. The van der Waals surface area contributed by atoms with Crippen molar-refractivity contribution in [3.05, 3.63) is 24.0 Å². The number of hydrogen-bond donors (Lipinski definition) is 2. The van der Waals surface area contributed by atoms with Crippen molar-refractivity contribution in [2.75, 3.05) is 12.3 Å². The van der Waals surface area contributed by atoms with Crippen molar-refractivity contribution in [3.8, 4) is 0 Å². The van der Waals surface area contributed by atoms with Crippen LogP contribution < -0.4 is 11.1 Å². The van der Waals surface area contributed by atoms with E-state index >= 15 is 0 Å². The van der Waals surface area contributed by atoms with Crippen LogP contribution in [0.1, 0.15) is 31.9 Å². The average Bonchev–Trinajstić information content (AvgIpc) is 2.75. The van der Waals surface area contributed by atoms with E-state index in [0.29, 0.717) is 18.0 Å². The Morgan fingerprint density at radius 3 is 2.94 bits per heavy atom. The highest BCUT2D eigenvalue weighted by Crippen LogP contribution is 2.30. The first-order chi connectivity index (χ1) is 8.65. The van der Waals surface area contributed by atoms with Gasteiger partial charge in [0.05, 0.1) is 18.3 Å². The number of pyridine rings is 1. The van der Waals surface area contributed by atoms with Crippen LogP contribution in [0.5, 0.6) is 0 Å². The van der Waals surface area contributed by atoms with E-state index in [1.807, 2.05) is 0 Å². The molecule has 2 unspecified atom stereocenters. The van der Waals surface area contributed by atoms with Gasteiger partial charge >= 0.3 is 0 Å². The molecule has 3 N–H and O–H groups in total. The number of aromatic nitrogens is 1. The molecular weight excluding hydrogens is 226 g/mol. The van der Waals surface area contributed by atoms with Gasteiger partial charge in [0.1, 0.15) is 0 Å². The van der Waals surface area contributed by atoms with Gasteiger partial charge in [-0.25, -0.2) is 0 Å². The number of rotatable bonds is 4. The predicted molar refractivity (Wildman–Crippen MR) is 71.9 cm³/mol. The van der Waals surface area contributed by atoms with Gasteiger partial charge in [0, 0.05) is 12.2 Å². The molecule has 0 saturated heterocycles. The van der Waals surface area contributed by atoms with Crippen molar-refractivity contribution in [1.29, 1.82) is 0 Å². The van der Waals surface area contributed by atoms with E-state index in [4.69, 9.17) is 5.73 Å². The van der Waals surface area contributed by atoms with Gasteiger partial charge in [-0.15, -0.1) is 0 Å². The van der Waals surface area contributed by atoms with Crippen molar-refractivity contribution < 1.29 is 4.79 Å². The third-order valence-corrected chi connectivity index (χ3v) is 3.79. The number of nitrogens with two attached hydrogens (primary N) is 1. The molecule has 2 rings (SSSR count). The molecule has 1 amide bonds. The van der Waals surface area contributed by atoms with Crippen LogP contribution in [-0.4, -0.2) is 17.4 Å². The second kappa shape index (κ2) is 5.85. The molecule has 0 bridgehead atoms. The van der Waals surface area contributed by atoms with Crippen LogP contribution in [0.2, 0.25) is 0 Å². The molecule has 98 valence electrons. The highest BCUT2D eigenvalue weighted by Gasteiger charge is 2.23. The Morgan fingerprint density at radius 2 is 2.33 bits per heavy atom. The van der Waals surface area contributed by atoms with Gasteiger partial charge in [-0.3, -0.25) is 9.78 Å². The molecule has 1 aliphatic carbocycles. The van der Waals surface area contributed by atoms with Crippen molar-refractivity contribution in [1.82, 2.24) is 10.3 Å². The molecule has 1 saturated carbocycles. The van der Waals surface area contributed by atoms with Crippen molar-refractivity contribution >= 4 is 11.6 Å². The molecule has 1 fully saturated rings. The van der Waals surface area contributed by atoms with Crippen LogP contribution in [0, 0.1) is 11.8 Å². The van der Waals surface area contributed by atoms with Crippen LogP contribution in [0.25, 0.3) is 0 Å². The lowest BCUT2D eigenvalue weighted by Gasteiger charge is -2.15. The summed E-state index contributed by atoms with van der Waals surface area (Å²) in [6.07, 6.45) is 5.74. The van der Waals surface area contributed by atoms with Gasteiger partial charge in [-0.1, -0.05) is 19.8 Å². The smallest absolute Gasteiger partial charge is 0.226 e. The fourth-order valence-electron chi connectivity index (χ4n) is 2.54. The van der Waals surface area contributed by atoms with Crippen LogP contribution in [0.15, 0.2) is 18.3 Å². The molecule has 18 heavy (non-hydrogen) atoms. The maximum atomic E-state index is 11.8. The van der Waals surface area contributed by atoms with Crippen LogP contribution >= 0.6 is 0 Å². The van der Waals surface area contributed by atoms with Crippen molar-refractivity contribution in [2.45, 2.75) is 32.6 Å². The largest absolute Gasteiger partial charge is 0.397 e. The molecular formula is C14H21N3O. The van der Waals surface area contributed by atoms with E-state index in [9.17, 15) is 4.79 Å². The molecule has 1 heterocycles. The molecule has 1 aromatic heterocycles. The number of carbonyl (C=O) groups is 1. The Labute approximate surface area is 108 Å². The molecule has 0 aromatic carbocycles. The molecule has 1 aromatic rings. The van der Waals surface area contributed by atoms with E-state index in [1.165, 1.54) is 19.3 Å². The lowest BCUT2D eigenvalue weighted by Crippen LogP contribution is -2.31.